The number of carbonyl (C=O) groups is 1. The third-order valence-electron chi connectivity index (χ3n) is 3.91. The molecule has 0 aromatic rings. The van der Waals surface area contributed by atoms with Crippen molar-refractivity contribution in [1.82, 2.24) is 5.43 Å². The number of hydrazone groups is 1. The van der Waals surface area contributed by atoms with Gasteiger partial charge in [0.2, 0.25) is 0 Å². The van der Waals surface area contributed by atoms with Gasteiger partial charge in [-0.05, 0) is 44.6 Å². The standard InChI is InChI=1S/C15H25N3O/c1-10-7-6-8-15(4,5)13(10)9-11(2)12(3)17-18-14(16)19/h7,9,13H,6,8H2,1-5H3,(H3,16,18,19)/b11-9+,17-12-. The topological polar surface area (TPSA) is 67.5 Å². The van der Waals surface area contributed by atoms with Gasteiger partial charge >= 0.3 is 6.03 Å². The molecule has 1 rings (SSSR count). The zero-order chi connectivity index (χ0) is 14.6. The molecule has 0 fully saturated rings. The maximum Gasteiger partial charge on any atom is 0.332 e. The van der Waals surface area contributed by atoms with Crippen LogP contribution in [0.25, 0.3) is 0 Å². The number of nitrogens with zero attached hydrogens (tertiary/aromatic N) is 1. The zero-order valence-electron chi connectivity index (χ0n) is 12.6. The van der Waals surface area contributed by atoms with Gasteiger partial charge in [-0.15, -0.1) is 0 Å². The molecule has 19 heavy (non-hydrogen) atoms. The average molecular weight is 263 g/mol. The average Bonchev–Trinajstić information content (AvgIpc) is 2.30. The Bertz CT molecular complexity index is 444. The second-order valence-corrected chi connectivity index (χ2v) is 5.98. The lowest BCUT2D eigenvalue weighted by molar-refractivity contribution is 0.249. The minimum Gasteiger partial charge on any atom is -0.350 e. The van der Waals surface area contributed by atoms with Crippen LogP contribution in [0.1, 0.15) is 47.5 Å². The van der Waals surface area contributed by atoms with Crippen molar-refractivity contribution in [3.63, 3.8) is 0 Å². The highest BCUT2D eigenvalue weighted by Gasteiger charge is 2.31. The fourth-order valence-corrected chi connectivity index (χ4v) is 2.53. The van der Waals surface area contributed by atoms with Crippen LogP contribution in [0.5, 0.6) is 0 Å². The summed E-state index contributed by atoms with van der Waals surface area (Å²) in [5, 5.41) is 3.97. The van der Waals surface area contributed by atoms with Crippen LogP contribution in [0.2, 0.25) is 0 Å². The number of rotatable bonds is 3. The summed E-state index contributed by atoms with van der Waals surface area (Å²) in [6.07, 6.45) is 6.90. The number of amides is 2. The Kier molecular flexibility index (Phi) is 4.92. The van der Waals surface area contributed by atoms with Crippen LogP contribution in [0, 0.1) is 11.3 Å². The van der Waals surface area contributed by atoms with Gasteiger partial charge in [0.05, 0.1) is 5.71 Å². The SMILES string of the molecule is CC1=CCCC(C)(C)C1/C=C(C)/C(C)=N\NC(N)=O. The summed E-state index contributed by atoms with van der Waals surface area (Å²) in [7, 11) is 0. The Balaban J connectivity index is 2.93. The van der Waals surface area contributed by atoms with Gasteiger partial charge in [-0.2, -0.15) is 5.10 Å². The van der Waals surface area contributed by atoms with Crippen LogP contribution >= 0.6 is 0 Å². The van der Waals surface area contributed by atoms with Crippen molar-refractivity contribution in [2.24, 2.45) is 22.2 Å². The van der Waals surface area contributed by atoms with Gasteiger partial charge in [-0.3, -0.25) is 0 Å². The van der Waals surface area contributed by atoms with E-state index in [0.29, 0.717) is 5.92 Å². The van der Waals surface area contributed by atoms with Gasteiger partial charge in [0.15, 0.2) is 0 Å². The largest absolute Gasteiger partial charge is 0.350 e. The first kappa shape index (κ1) is 15.5. The zero-order valence-corrected chi connectivity index (χ0v) is 12.6. The Morgan fingerprint density at radius 3 is 2.68 bits per heavy atom. The van der Waals surface area contributed by atoms with Crippen molar-refractivity contribution >= 4 is 11.7 Å². The highest BCUT2D eigenvalue weighted by atomic mass is 16.2. The summed E-state index contributed by atoms with van der Waals surface area (Å²) in [4.78, 5) is 10.6. The van der Waals surface area contributed by atoms with E-state index in [2.05, 4.69) is 43.5 Å². The first-order valence-electron chi connectivity index (χ1n) is 6.69. The molecule has 0 bridgehead atoms. The molecular formula is C15H25N3O. The Morgan fingerprint density at radius 2 is 2.16 bits per heavy atom. The fourth-order valence-electron chi connectivity index (χ4n) is 2.53. The molecule has 1 atom stereocenters. The predicted molar refractivity (Wildman–Crippen MR) is 79.8 cm³/mol. The van der Waals surface area contributed by atoms with E-state index < -0.39 is 6.03 Å². The lowest BCUT2D eigenvalue weighted by Gasteiger charge is -2.37. The van der Waals surface area contributed by atoms with Crippen LogP contribution in [0.4, 0.5) is 4.79 Å². The summed E-state index contributed by atoms with van der Waals surface area (Å²) in [6.45, 7) is 10.7. The fraction of sp³-hybridized carbons (Fsp3) is 0.600. The maximum atomic E-state index is 10.6. The molecule has 0 aromatic carbocycles. The van der Waals surface area contributed by atoms with Crippen molar-refractivity contribution in [1.29, 1.82) is 0 Å². The van der Waals surface area contributed by atoms with Crippen molar-refractivity contribution in [3.8, 4) is 0 Å². The summed E-state index contributed by atoms with van der Waals surface area (Å²) in [6, 6.07) is -0.638. The van der Waals surface area contributed by atoms with Crippen LogP contribution in [0.15, 0.2) is 28.4 Å². The first-order valence-corrected chi connectivity index (χ1v) is 6.69. The third kappa shape index (κ3) is 4.23. The number of nitrogens with one attached hydrogen (secondary N) is 1. The Hall–Kier alpha value is -1.58. The molecule has 3 N–H and O–H groups in total. The lowest BCUT2D eigenvalue weighted by atomic mass is 9.68. The lowest BCUT2D eigenvalue weighted by Crippen LogP contribution is -2.27. The molecule has 4 nitrogen and oxygen atoms in total. The molecule has 0 spiro atoms. The van der Waals surface area contributed by atoms with Gasteiger partial charge in [-0.25, -0.2) is 10.2 Å². The van der Waals surface area contributed by atoms with Crippen molar-refractivity contribution in [3.05, 3.63) is 23.3 Å². The number of hydrogen-bond donors (Lipinski definition) is 2. The highest BCUT2D eigenvalue weighted by molar-refractivity contribution is 5.98. The molecule has 4 heteroatoms. The van der Waals surface area contributed by atoms with Gasteiger partial charge in [-0.1, -0.05) is 31.6 Å². The van der Waals surface area contributed by atoms with Crippen LogP contribution in [-0.2, 0) is 0 Å². The molecule has 106 valence electrons. The maximum absolute atomic E-state index is 10.6. The van der Waals surface area contributed by atoms with E-state index in [1.54, 1.807) is 0 Å². The van der Waals surface area contributed by atoms with Gasteiger partial charge in [0, 0.05) is 5.92 Å². The van der Waals surface area contributed by atoms with Gasteiger partial charge in [0.25, 0.3) is 0 Å². The number of urea groups is 1. The quantitative estimate of drug-likeness (QED) is 0.457. The summed E-state index contributed by atoms with van der Waals surface area (Å²) >= 11 is 0. The molecule has 0 aliphatic heterocycles. The monoisotopic (exact) mass is 263 g/mol. The molecule has 1 aliphatic carbocycles. The number of primary amides is 1. The van der Waals surface area contributed by atoms with E-state index in [-0.39, 0.29) is 5.41 Å². The summed E-state index contributed by atoms with van der Waals surface area (Å²) in [5.41, 5.74) is 10.8. The van der Waals surface area contributed by atoms with Crippen LogP contribution in [0.3, 0.4) is 0 Å². The van der Waals surface area contributed by atoms with Crippen LogP contribution < -0.4 is 11.2 Å². The molecule has 0 radical (unpaired) electrons. The van der Waals surface area contributed by atoms with E-state index >= 15 is 0 Å². The molecule has 2 amide bonds. The molecule has 1 unspecified atom stereocenters. The molecule has 0 saturated heterocycles. The second-order valence-electron chi connectivity index (χ2n) is 5.98. The third-order valence-corrected chi connectivity index (χ3v) is 3.91. The van der Waals surface area contributed by atoms with E-state index in [9.17, 15) is 4.79 Å². The minimum atomic E-state index is -0.638. The summed E-state index contributed by atoms with van der Waals surface area (Å²) < 4.78 is 0. The van der Waals surface area contributed by atoms with Crippen LogP contribution in [-0.4, -0.2) is 11.7 Å². The first-order chi connectivity index (χ1) is 8.74. The van der Waals surface area contributed by atoms with E-state index in [1.165, 1.54) is 12.0 Å². The Labute approximate surface area is 115 Å². The number of carbonyl (C=O) groups excluding carboxylic acids is 1. The van der Waals surface area contributed by atoms with E-state index in [0.717, 1.165) is 17.7 Å². The number of allylic oxidation sites excluding steroid dienone is 4. The summed E-state index contributed by atoms with van der Waals surface area (Å²) in [5.74, 6) is 0.417. The van der Waals surface area contributed by atoms with E-state index in [1.807, 2.05) is 13.8 Å². The van der Waals surface area contributed by atoms with Crippen molar-refractivity contribution in [2.45, 2.75) is 47.5 Å². The minimum absolute atomic E-state index is 0.261. The highest BCUT2D eigenvalue weighted by Crippen LogP contribution is 2.42. The van der Waals surface area contributed by atoms with Crippen molar-refractivity contribution < 1.29 is 4.79 Å². The molecule has 1 aliphatic rings. The Morgan fingerprint density at radius 1 is 1.53 bits per heavy atom. The normalized spacial score (nSPS) is 23.8. The van der Waals surface area contributed by atoms with Crippen molar-refractivity contribution in [2.75, 3.05) is 0 Å². The number of nitrogens with two attached hydrogens (primary N) is 1. The molecular weight excluding hydrogens is 238 g/mol. The van der Waals surface area contributed by atoms with E-state index in [4.69, 9.17) is 5.73 Å². The van der Waals surface area contributed by atoms with Gasteiger partial charge in [0.1, 0.15) is 0 Å². The predicted octanol–water partition coefficient (Wildman–Crippen LogP) is 3.36. The van der Waals surface area contributed by atoms with Gasteiger partial charge < -0.3 is 5.73 Å². The second kappa shape index (κ2) is 6.04. The molecule has 0 saturated carbocycles. The smallest absolute Gasteiger partial charge is 0.332 e. The molecule has 0 aromatic heterocycles. The molecule has 0 heterocycles. The number of hydrogen-bond acceptors (Lipinski definition) is 2.